The van der Waals surface area contributed by atoms with Gasteiger partial charge in [0.2, 0.25) is 0 Å². The third kappa shape index (κ3) is 4.09. The van der Waals surface area contributed by atoms with E-state index in [1.165, 1.54) is 4.90 Å². The number of amides is 1. The second-order valence-corrected chi connectivity index (χ2v) is 7.39. The Bertz CT molecular complexity index is 867. The van der Waals surface area contributed by atoms with Gasteiger partial charge in [-0.1, -0.05) is 5.21 Å². The average Bonchev–Trinajstić information content (AvgIpc) is 3.30. The lowest BCUT2D eigenvalue weighted by Gasteiger charge is -2.38. The van der Waals surface area contributed by atoms with E-state index in [1.54, 1.807) is 0 Å². The van der Waals surface area contributed by atoms with Gasteiger partial charge in [0, 0.05) is 19.6 Å². The molecule has 1 amide bonds. The summed E-state index contributed by atoms with van der Waals surface area (Å²) >= 11 is 0. The van der Waals surface area contributed by atoms with E-state index >= 15 is 0 Å². The van der Waals surface area contributed by atoms with E-state index < -0.39 is 29.3 Å². The number of carbonyl (C=O) groups excluding carboxylic acids is 1. The quantitative estimate of drug-likeness (QED) is 0.739. The monoisotopic (exact) mass is 433 g/mol. The summed E-state index contributed by atoms with van der Waals surface area (Å²) in [6.07, 6.45) is -2.32. The number of rotatable bonds is 2. The van der Waals surface area contributed by atoms with Gasteiger partial charge < -0.3 is 10.2 Å². The first-order valence-electron chi connectivity index (χ1n) is 9.08. The zero-order chi connectivity index (χ0) is 19.9. The molecule has 0 unspecified atom stereocenters. The van der Waals surface area contributed by atoms with Crippen LogP contribution in [0.1, 0.15) is 35.4 Å². The number of halogens is 5. The van der Waals surface area contributed by atoms with Crippen LogP contribution in [-0.2, 0) is 6.18 Å². The molecule has 1 spiro atoms. The maximum absolute atomic E-state index is 13.7. The summed E-state index contributed by atoms with van der Waals surface area (Å²) in [6, 6.07) is 4.37. The van der Waals surface area contributed by atoms with Gasteiger partial charge in [0.25, 0.3) is 5.91 Å². The van der Waals surface area contributed by atoms with Gasteiger partial charge in [0.05, 0.1) is 5.69 Å². The molecule has 2 saturated heterocycles. The van der Waals surface area contributed by atoms with Gasteiger partial charge in [0.1, 0.15) is 5.82 Å². The standard InChI is InChI=1S/C18H19F4N5O.ClH/c19-12-1-3-13(4-2-12)27-15(18(20,21)22)14(24-25-27)16(28)26-9-6-17(7-10-26)5-8-23-11-17;/h1-4,23H,5-11H2;1H. The summed E-state index contributed by atoms with van der Waals surface area (Å²) in [5.41, 5.74) is -1.85. The van der Waals surface area contributed by atoms with Gasteiger partial charge in [-0.2, -0.15) is 13.2 Å². The van der Waals surface area contributed by atoms with Crippen LogP contribution in [0.4, 0.5) is 17.6 Å². The van der Waals surface area contributed by atoms with Gasteiger partial charge >= 0.3 is 6.18 Å². The number of likely N-dealkylation sites (tertiary alicyclic amines) is 1. The maximum Gasteiger partial charge on any atom is 0.435 e. The van der Waals surface area contributed by atoms with Crippen LogP contribution in [0, 0.1) is 11.2 Å². The first-order valence-corrected chi connectivity index (χ1v) is 9.08. The van der Waals surface area contributed by atoms with Crippen molar-refractivity contribution in [2.24, 2.45) is 5.41 Å². The Labute approximate surface area is 170 Å². The van der Waals surface area contributed by atoms with Crippen LogP contribution in [0.15, 0.2) is 24.3 Å². The molecule has 0 aliphatic carbocycles. The highest BCUT2D eigenvalue weighted by molar-refractivity contribution is 5.93. The molecule has 2 aliphatic rings. The van der Waals surface area contributed by atoms with E-state index in [9.17, 15) is 22.4 Å². The second kappa shape index (κ2) is 7.91. The molecule has 3 heterocycles. The molecule has 1 aromatic heterocycles. The summed E-state index contributed by atoms with van der Waals surface area (Å²) in [4.78, 5) is 14.2. The first kappa shape index (κ1) is 21.5. The zero-order valence-corrected chi connectivity index (χ0v) is 16.2. The van der Waals surface area contributed by atoms with Gasteiger partial charge in [-0.15, -0.1) is 17.5 Å². The molecular formula is C18H20ClF4N5O. The highest BCUT2D eigenvalue weighted by Gasteiger charge is 2.44. The minimum atomic E-state index is -4.84. The molecule has 1 N–H and O–H groups in total. The number of carbonyl (C=O) groups is 1. The van der Waals surface area contributed by atoms with Crippen LogP contribution in [0.25, 0.3) is 5.69 Å². The van der Waals surface area contributed by atoms with Crippen molar-refractivity contribution in [3.05, 3.63) is 41.5 Å². The number of nitrogens with zero attached hydrogens (tertiary/aromatic N) is 4. The van der Waals surface area contributed by atoms with E-state index in [2.05, 4.69) is 15.6 Å². The zero-order valence-electron chi connectivity index (χ0n) is 15.4. The molecule has 4 rings (SSSR count). The summed E-state index contributed by atoms with van der Waals surface area (Å²) in [7, 11) is 0. The van der Waals surface area contributed by atoms with Gasteiger partial charge in [-0.3, -0.25) is 4.79 Å². The minimum absolute atomic E-state index is 0. The van der Waals surface area contributed by atoms with Crippen LogP contribution >= 0.6 is 12.4 Å². The van der Waals surface area contributed by atoms with Crippen molar-refractivity contribution >= 4 is 18.3 Å². The third-order valence-corrected chi connectivity index (χ3v) is 5.66. The fraction of sp³-hybridized carbons (Fsp3) is 0.500. The molecule has 6 nitrogen and oxygen atoms in total. The summed E-state index contributed by atoms with van der Waals surface area (Å²) in [5.74, 6) is -1.36. The fourth-order valence-corrected chi connectivity index (χ4v) is 4.00. The summed E-state index contributed by atoms with van der Waals surface area (Å²) < 4.78 is 54.8. The molecule has 158 valence electrons. The Morgan fingerprint density at radius 2 is 1.76 bits per heavy atom. The van der Waals surface area contributed by atoms with Crippen molar-refractivity contribution < 1.29 is 22.4 Å². The van der Waals surface area contributed by atoms with Crippen LogP contribution in [0.3, 0.4) is 0 Å². The molecule has 11 heteroatoms. The Kier molecular flexibility index (Phi) is 5.86. The number of nitrogens with one attached hydrogen (secondary N) is 1. The van der Waals surface area contributed by atoms with Crippen LogP contribution in [0.2, 0.25) is 0 Å². The molecular weight excluding hydrogens is 414 g/mol. The Hall–Kier alpha value is -2.20. The lowest BCUT2D eigenvalue weighted by molar-refractivity contribution is -0.143. The van der Waals surface area contributed by atoms with E-state index in [0.717, 1.165) is 56.6 Å². The highest BCUT2D eigenvalue weighted by Crippen LogP contribution is 2.38. The van der Waals surface area contributed by atoms with Crippen molar-refractivity contribution in [3.8, 4) is 5.69 Å². The van der Waals surface area contributed by atoms with E-state index in [1.807, 2.05) is 0 Å². The number of benzene rings is 1. The summed E-state index contributed by atoms with van der Waals surface area (Å²) in [6.45, 7) is 2.59. The fourth-order valence-electron chi connectivity index (χ4n) is 4.00. The second-order valence-electron chi connectivity index (χ2n) is 7.39. The largest absolute Gasteiger partial charge is 0.435 e. The third-order valence-electron chi connectivity index (χ3n) is 5.66. The SMILES string of the molecule is Cl.O=C(c1nnn(-c2ccc(F)cc2)c1C(F)(F)F)N1CCC2(CCNC2)CC1. The lowest BCUT2D eigenvalue weighted by atomic mass is 9.78. The van der Waals surface area contributed by atoms with Crippen molar-refractivity contribution in [3.63, 3.8) is 0 Å². The van der Waals surface area contributed by atoms with Crippen molar-refractivity contribution in [1.82, 2.24) is 25.2 Å². The van der Waals surface area contributed by atoms with E-state index in [4.69, 9.17) is 0 Å². The van der Waals surface area contributed by atoms with E-state index in [-0.39, 0.29) is 23.5 Å². The molecule has 0 radical (unpaired) electrons. The smallest absolute Gasteiger partial charge is 0.337 e. The lowest BCUT2D eigenvalue weighted by Crippen LogP contribution is -2.44. The topological polar surface area (TPSA) is 63.1 Å². The normalized spacial score (nSPS) is 18.7. The van der Waals surface area contributed by atoms with Gasteiger partial charge in [-0.05, 0) is 55.5 Å². The highest BCUT2D eigenvalue weighted by atomic mass is 35.5. The Morgan fingerprint density at radius 1 is 1.10 bits per heavy atom. The number of hydrogen-bond donors (Lipinski definition) is 1. The van der Waals surface area contributed by atoms with Crippen molar-refractivity contribution in [2.45, 2.75) is 25.4 Å². The molecule has 2 aromatic rings. The molecule has 1 aromatic carbocycles. The number of alkyl halides is 3. The predicted octanol–water partition coefficient (Wildman–Crippen LogP) is 3.06. The van der Waals surface area contributed by atoms with Crippen LogP contribution in [0.5, 0.6) is 0 Å². The van der Waals surface area contributed by atoms with Gasteiger partial charge in [0.15, 0.2) is 11.4 Å². The van der Waals surface area contributed by atoms with Crippen LogP contribution in [-0.4, -0.2) is 52.0 Å². The molecule has 0 saturated carbocycles. The predicted molar refractivity (Wildman–Crippen MR) is 98.6 cm³/mol. The number of aromatic nitrogens is 3. The molecule has 0 bridgehead atoms. The number of piperidine rings is 1. The molecule has 0 atom stereocenters. The first-order chi connectivity index (χ1) is 13.3. The Balaban J connectivity index is 0.00000240. The summed E-state index contributed by atoms with van der Waals surface area (Å²) in [5, 5.41) is 10.4. The van der Waals surface area contributed by atoms with E-state index in [0.29, 0.717) is 17.8 Å². The van der Waals surface area contributed by atoms with Crippen LogP contribution < -0.4 is 5.32 Å². The van der Waals surface area contributed by atoms with Crippen molar-refractivity contribution in [1.29, 1.82) is 0 Å². The molecule has 29 heavy (non-hydrogen) atoms. The molecule has 2 fully saturated rings. The van der Waals surface area contributed by atoms with Crippen molar-refractivity contribution in [2.75, 3.05) is 26.2 Å². The minimum Gasteiger partial charge on any atom is -0.337 e. The molecule has 2 aliphatic heterocycles. The maximum atomic E-state index is 13.7. The Morgan fingerprint density at radius 3 is 2.31 bits per heavy atom. The number of hydrogen-bond acceptors (Lipinski definition) is 4. The van der Waals surface area contributed by atoms with Gasteiger partial charge in [-0.25, -0.2) is 9.07 Å². The average molecular weight is 434 g/mol.